The number of rotatable bonds is 5. The smallest absolute Gasteiger partial charge is 0.177 e. The van der Waals surface area contributed by atoms with Crippen LogP contribution in [-0.4, -0.2) is 36.2 Å². The number of benzene rings is 1. The lowest BCUT2D eigenvalue weighted by atomic mass is 9.92. The first-order valence-corrected chi connectivity index (χ1v) is 10.4. The van der Waals surface area contributed by atoms with Gasteiger partial charge < -0.3 is 20.9 Å². The third-order valence-corrected chi connectivity index (χ3v) is 5.73. The van der Waals surface area contributed by atoms with Crippen LogP contribution in [0, 0.1) is 0 Å². The standard InChI is InChI=1S/C22H26N8/c1-29-12-10-24-21(29)15-2-6-17(7-3-15)26-19-14-20(28-30-13-11-25-22(19)30)27-18-8-4-16(23)5-9-18/h2-3,6-7,10-14,16,18,26H,4-5,8-9,23H2,1H3,(H,27,28). The molecule has 5 rings (SSSR count). The molecule has 8 heteroatoms. The van der Waals surface area contributed by atoms with Crippen molar-refractivity contribution in [3.05, 3.63) is 55.1 Å². The van der Waals surface area contributed by atoms with Crippen LogP contribution in [0.25, 0.3) is 17.0 Å². The number of imidazole rings is 2. The first-order chi connectivity index (χ1) is 14.7. The molecule has 0 radical (unpaired) electrons. The van der Waals surface area contributed by atoms with E-state index < -0.39 is 0 Å². The quantitative estimate of drug-likeness (QED) is 0.472. The van der Waals surface area contributed by atoms with E-state index in [9.17, 15) is 0 Å². The molecule has 1 aliphatic carbocycles. The number of nitrogens with one attached hydrogen (secondary N) is 2. The fourth-order valence-corrected chi connectivity index (χ4v) is 4.05. The van der Waals surface area contributed by atoms with Gasteiger partial charge in [0.1, 0.15) is 11.6 Å². The van der Waals surface area contributed by atoms with E-state index in [0.717, 1.165) is 59.9 Å². The number of nitrogens with zero attached hydrogens (tertiary/aromatic N) is 5. The number of aromatic nitrogens is 5. The molecule has 0 bridgehead atoms. The van der Waals surface area contributed by atoms with Crippen LogP contribution in [0.15, 0.2) is 55.1 Å². The van der Waals surface area contributed by atoms with Crippen molar-refractivity contribution < 1.29 is 0 Å². The van der Waals surface area contributed by atoms with Gasteiger partial charge in [-0.3, -0.25) is 0 Å². The average molecular weight is 403 g/mol. The molecule has 1 saturated carbocycles. The van der Waals surface area contributed by atoms with E-state index in [0.29, 0.717) is 12.1 Å². The molecule has 0 unspecified atom stereocenters. The second-order valence-corrected chi connectivity index (χ2v) is 7.96. The molecule has 1 aliphatic rings. The molecular weight excluding hydrogens is 376 g/mol. The maximum absolute atomic E-state index is 6.04. The van der Waals surface area contributed by atoms with Crippen molar-refractivity contribution in [3.8, 4) is 11.4 Å². The van der Waals surface area contributed by atoms with E-state index >= 15 is 0 Å². The van der Waals surface area contributed by atoms with Gasteiger partial charge in [0.2, 0.25) is 0 Å². The van der Waals surface area contributed by atoms with Crippen LogP contribution in [0.1, 0.15) is 25.7 Å². The van der Waals surface area contributed by atoms with Gasteiger partial charge in [-0.2, -0.15) is 0 Å². The van der Waals surface area contributed by atoms with Crippen LogP contribution in [0.4, 0.5) is 17.2 Å². The second kappa shape index (κ2) is 7.79. The van der Waals surface area contributed by atoms with E-state index in [4.69, 9.17) is 5.73 Å². The minimum atomic E-state index is 0.332. The highest BCUT2D eigenvalue weighted by atomic mass is 15.3. The predicted octanol–water partition coefficient (Wildman–Crippen LogP) is 3.56. The molecule has 154 valence electrons. The Kier molecular flexibility index (Phi) is 4.84. The Hall–Kier alpha value is -3.39. The molecule has 4 N–H and O–H groups in total. The van der Waals surface area contributed by atoms with Gasteiger partial charge in [0.05, 0.1) is 5.69 Å². The van der Waals surface area contributed by atoms with Crippen molar-refractivity contribution in [2.24, 2.45) is 12.8 Å². The molecule has 0 amide bonds. The number of nitrogens with two attached hydrogens (primary N) is 1. The molecule has 3 aromatic heterocycles. The summed E-state index contributed by atoms with van der Waals surface area (Å²) < 4.78 is 3.82. The summed E-state index contributed by atoms with van der Waals surface area (Å²) >= 11 is 0. The lowest BCUT2D eigenvalue weighted by Gasteiger charge is -2.27. The largest absolute Gasteiger partial charge is 0.366 e. The van der Waals surface area contributed by atoms with E-state index in [2.05, 4.69) is 50.0 Å². The van der Waals surface area contributed by atoms with Crippen molar-refractivity contribution in [2.75, 3.05) is 10.6 Å². The molecule has 4 aromatic rings. The Morgan fingerprint density at radius 2 is 1.77 bits per heavy atom. The summed E-state index contributed by atoms with van der Waals surface area (Å²) in [6, 6.07) is 11.0. The maximum Gasteiger partial charge on any atom is 0.177 e. The van der Waals surface area contributed by atoms with Gasteiger partial charge in [-0.1, -0.05) is 0 Å². The molecule has 3 heterocycles. The highest BCUT2D eigenvalue weighted by molar-refractivity contribution is 5.76. The molecular formula is C22H26N8. The molecule has 8 nitrogen and oxygen atoms in total. The predicted molar refractivity (Wildman–Crippen MR) is 119 cm³/mol. The Bertz CT molecular complexity index is 1140. The normalized spacial score (nSPS) is 19.1. The first kappa shape index (κ1) is 18.6. The number of anilines is 3. The Morgan fingerprint density at radius 3 is 2.50 bits per heavy atom. The number of hydrogen-bond donors (Lipinski definition) is 3. The van der Waals surface area contributed by atoms with Crippen LogP contribution >= 0.6 is 0 Å². The van der Waals surface area contributed by atoms with Crippen LogP contribution in [0.5, 0.6) is 0 Å². The number of aryl methyl sites for hydroxylation is 1. The van der Waals surface area contributed by atoms with Gasteiger partial charge in [-0.15, -0.1) is 5.10 Å². The Labute approximate surface area is 175 Å². The lowest BCUT2D eigenvalue weighted by molar-refractivity contribution is 0.410. The maximum atomic E-state index is 6.04. The van der Waals surface area contributed by atoms with Gasteiger partial charge in [-0.25, -0.2) is 14.5 Å². The van der Waals surface area contributed by atoms with Crippen LogP contribution in [-0.2, 0) is 7.05 Å². The third kappa shape index (κ3) is 3.73. The number of fused-ring (bicyclic) bond motifs is 1. The minimum absolute atomic E-state index is 0.332. The summed E-state index contributed by atoms with van der Waals surface area (Å²) in [5.74, 6) is 1.79. The van der Waals surface area contributed by atoms with Crippen LogP contribution < -0.4 is 16.4 Å². The minimum Gasteiger partial charge on any atom is -0.366 e. The molecule has 0 atom stereocenters. The number of hydrogen-bond acceptors (Lipinski definition) is 6. The van der Waals surface area contributed by atoms with Crippen molar-refractivity contribution >= 4 is 22.8 Å². The first-order valence-electron chi connectivity index (χ1n) is 10.4. The van der Waals surface area contributed by atoms with Gasteiger partial charge in [0.15, 0.2) is 5.65 Å². The molecule has 30 heavy (non-hydrogen) atoms. The highest BCUT2D eigenvalue weighted by Crippen LogP contribution is 2.27. The summed E-state index contributed by atoms with van der Waals surface area (Å²) in [7, 11) is 2.00. The average Bonchev–Trinajstić information content (AvgIpc) is 3.39. The zero-order chi connectivity index (χ0) is 20.5. The SMILES string of the molecule is Cn1ccnc1-c1ccc(Nc2cc(NC3CCC(N)CC3)nn3ccnc23)cc1. The van der Waals surface area contributed by atoms with Crippen molar-refractivity contribution in [3.63, 3.8) is 0 Å². The summed E-state index contributed by atoms with van der Waals surface area (Å²) in [4.78, 5) is 8.87. The zero-order valence-corrected chi connectivity index (χ0v) is 17.0. The van der Waals surface area contributed by atoms with E-state index in [1.807, 2.05) is 40.8 Å². The Balaban J connectivity index is 1.38. The van der Waals surface area contributed by atoms with Crippen molar-refractivity contribution in [1.29, 1.82) is 0 Å². The van der Waals surface area contributed by atoms with Crippen LogP contribution in [0.2, 0.25) is 0 Å². The topological polar surface area (TPSA) is 98.1 Å². The molecule has 0 aliphatic heterocycles. The van der Waals surface area contributed by atoms with Crippen LogP contribution in [0.3, 0.4) is 0 Å². The van der Waals surface area contributed by atoms with Crippen molar-refractivity contribution in [2.45, 2.75) is 37.8 Å². The highest BCUT2D eigenvalue weighted by Gasteiger charge is 2.19. The molecule has 0 spiro atoms. The van der Waals surface area contributed by atoms with E-state index in [-0.39, 0.29) is 0 Å². The lowest BCUT2D eigenvalue weighted by Crippen LogP contribution is -2.33. The second-order valence-electron chi connectivity index (χ2n) is 7.96. The monoisotopic (exact) mass is 402 g/mol. The summed E-state index contributed by atoms with van der Waals surface area (Å²) in [6.07, 6.45) is 11.6. The fraction of sp³-hybridized carbons (Fsp3) is 0.318. The van der Waals surface area contributed by atoms with Gasteiger partial charge in [0, 0.05) is 61.2 Å². The van der Waals surface area contributed by atoms with Gasteiger partial charge >= 0.3 is 0 Å². The fourth-order valence-electron chi connectivity index (χ4n) is 4.05. The van der Waals surface area contributed by atoms with Gasteiger partial charge in [0.25, 0.3) is 0 Å². The molecule has 0 saturated heterocycles. The summed E-state index contributed by atoms with van der Waals surface area (Å²) in [5.41, 5.74) is 9.80. The van der Waals surface area contributed by atoms with Crippen molar-refractivity contribution in [1.82, 2.24) is 24.1 Å². The van der Waals surface area contributed by atoms with E-state index in [1.165, 1.54) is 0 Å². The third-order valence-electron chi connectivity index (χ3n) is 5.73. The van der Waals surface area contributed by atoms with E-state index in [1.54, 1.807) is 6.20 Å². The van der Waals surface area contributed by atoms with Gasteiger partial charge in [-0.05, 0) is 49.9 Å². The Morgan fingerprint density at radius 1 is 1.00 bits per heavy atom. The molecule has 1 fully saturated rings. The summed E-state index contributed by atoms with van der Waals surface area (Å²) in [6.45, 7) is 0. The zero-order valence-electron chi connectivity index (χ0n) is 17.0. The summed E-state index contributed by atoms with van der Waals surface area (Å²) in [5, 5.41) is 11.7. The molecule has 1 aromatic carbocycles.